The van der Waals surface area contributed by atoms with Crippen LogP contribution in [-0.2, 0) is 4.79 Å². The fraction of sp³-hybridized carbons (Fsp3) is 0.267. The van der Waals surface area contributed by atoms with Gasteiger partial charge >= 0.3 is 0 Å². The summed E-state index contributed by atoms with van der Waals surface area (Å²) in [6, 6.07) is 5.77. The molecule has 0 spiro atoms. The summed E-state index contributed by atoms with van der Waals surface area (Å²) in [5.41, 5.74) is 0.739. The lowest BCUT2D eigenvalue weighted by Crippen LogP contribution is -2.19. The molecule has 1 aromatic heterocycles. The van der Waals surface area contributed by atoms with Crippen LogP contribution in [0.3, 0.4) is 0 Å². The zero-order valence-electron chi connectivity index (χ0n) is 11.2. The number of rotatable bonds is 3. The number of fused-ring (bicyclic) bond motifs is 1. The van der Waals surface area contributed by atoms with E-state index in [0.717, 1.165) is 35.4 Å². The van der Waals surface area contributed by atoms with Crippen molar-refractivity contribution in [3.05, 3.63) is 37.1 Å². The second kappa shape index (κ2) is 5.28. The normalized spacial score (nSPS) is 14.5. The molecule has 1 N–H and O–H groups in total. The Labute approximate surface area is 117 Å². The molecule has 20 heavy (non-hydrogen) atoms. The first kappa shape index (κ1) is 12.6. The van der Waals surface area contributed by atoms with Crippen molar-refractivity contribution in [1.29, 1.82) is 0 Å². The Hall–Kier alpha value is -2.43. The maximum Gasteiger partial charge on any atom is 0.247 e. The highest BCUT2D eigenvalue weighted by molar-refractivity contribution is 6.01. The minimum Gasteiger partial charge on any atom is -0.355 e. The molecule has 102 valence electrons. The van der Waals surface area contributed by atoms with E-state index >= 15 is 0 Å². The van der Waals surface area contributed by atoms with E-state index in [4.69, 9.17) is 0 Å². The van der Waals surface area contributed by atoms with Gasteiger partial charge in [-0.1, -0.05) is 6.58 Å². The minimum absolute atomic E-state index is 0.217. The highest BCUT2D eigenvalue weighted by Crippen LogP contribution is 2.28. The number of carbonyl (C=O) groups excluding carboxylic acids is 1. The molecule has 0 bridgehead atoms. The molecular formula is C15H16N4O. The summed E-state index contributed by atoms with van der Waals surface area (Å²) in [7, 11) is 0. The van der Waals surface area contributed by atoms with Crippen molar-refractivity contribution in [3.8, 4) is 0 Å². The van der Waals surface area contributed by atoms with Gasteiger partial charge in [0, 0.05) is 29.5 Å². The van der Waals surface area contributed by atoms with Crippen molar-refractivity contribution < 1.29 is 4.79 Å². The summed E-state index contributed by atoms with van der Waals surface area (Å²) in [4.78, 5) is 13.6. The molecule has 3 rings (SSSR count). The van der Waals surface area contributed by atoms with Gasteiger partial charge in [0.1, 0.15) is 0 Å². The van der Waals surface area contributed by atoms with E-state index in [2.05, 4.69) is 27.0 Å². The second-order valence-electron chi connectivity index (χ2n) is 4.86. The highest BCUT2D eigenvalue weighted by Gasteiger charge is 2.16. The van der Waals surface area contributed by atoms with Crippen molar-refractivity contribution in [2.75, 3.05) is 23.3 Å². The molecule has 1 saturated heterocycles. The summed E-state index contributed by atoms with van der Waals surface area (Å²) in [5.74, 6) is 0.715. The number of aromatic nitrogens is 2. The van der Waals surface area contributed by atoms with Gasteiger partial charge in [-0.3, -0.25) is 4.79 Å². The van der Waals surface area contributed by atoms with Gasteiger partial charge in [0.2, 0.25) is 5.91 Å². The Morgan fingerprint density at radius 3 is 2.90 bits per heavy atom. The van der Waals surface area contributed by atoms with E-state index in [1.165, 1.54) is 18.9 Å². The fourth-order valence-corrected chi connectivity index (χ4v) is 2.51. The molecule has 0 aliphatic carbocycles. The first-order chi connectivity index (χ1) is 9.78. The van der Waals surface area contributed by atoms with Crippen LogP contribution in [0.1, 0.15) is 12.8 Å². The summed E-state index contributed by atoms with van der Waals surface area (Å²) in [5, 5.41) is 13.1. The average molecular weight is 268 g/mol. The molecule has 1 fully saturated rings. The number of hydrogen-bond donors (Lipinski definition) is 1. The van der Waals surface area contributed by atoms with Gasteiger partial charge in [0.05, 0.1) is 6.20 Å². The van der Waals surface area contributed by atoms with Crippen LogP contribution in [0.2, 0.25) is 0 Å². The number of nitrogens with zero attached hydrogens (tertiary/aromatic N) is 3. The Morgan fingerprint density at radius 2 is 2.15 bits per heavy atom. The van der Waals surface area contributed by atoms with Crippen LogP contribution in [0.4, 0.5) is 11.5 Å². The predicted molar refractivity (Wildman–Crippen MR) is 79.8 cm³/mol. The van der Waals surface area contributed by atoms with E-state index < -0.39 is 0 Å². The van der Waals surface area contributed by atoms with Crippen LogP contribution in [0.15, 0.2) is 37.1 Å². The average Bonchev–Trinajstić information content (AvgIpc) is 3.00. The first-order valence-corrected chi connectivity index (χ1v) is 6.72. The lowest BCUT2D eigenvalue weighted by molar-refractivity contribution is -0.111. The SMILES string of the molecule is C=CC(=O)Nc1ccc2c(N3CCCC3)nncc2c1. The largest absolute Gasteiger partial charge is 0.355 e. The lowest BCUT2D eigenvalue weighted by atomic mass is 10.1. The Morgan fingerprint density at radius 1 is 1.35 bits per heavy atom. The van der Waals surface area contributed by atoms with Crippen molar-refractivity contribution >= 4 is 28.2 Å². The topological polar surface area (TPSA) is 58.1 Å². The van der Waals surface area contributed by atoms with Gasteiger partial charge in [-0.25, -0.2) is 0 Å². The van der Waals surface area contributed by atoms with E-state index in [1.54, 1.807) is 6.20 Å². The Kier molecular flexibility index (Phi) is 3.33. The summed E-state index contributed by atoms with van der Waals surface area (Å²) >= 11 is 0. The summed E-state index contributed by atoms with van der Waals surface area (Å²) in [6.07, 6.45) is 5.38. The zero-order chi connectivity index (χ0) is 13.9. The monoisotopic (exact) mass is 268 g/mol. The van der Waals surface area contributed by atoms with Crippen LogP contribution in [0, 0.1) is 0 Å². The number of nitrogens with one attached hydrogen (secondary N) is 1. The Bertz CT molecular complexity index is 662. The molecule has 1 aliphatic heterocycles. The first-order valence-electron chi connectivity index (χ1n) is 6.72. The van der Waals surface area contributed by atoms with Gasteiger partial charge in [-0.15, -0.1) is 5.10 Å². The van der Waals surface area contributed by atoms with Crippen LogP contribution in [0.5, 0.6) is 0 Å². The Balaban J connectivity index is 1.99. The van der Waals surface area contributed by atoms with E-state index in [-0.39, 0.29) is 5.91 Å². The smallest absolute Gasteiger partial charge is 0.247 e. The van der Waals surface area contributed by atoms with Crippen molar-refractivity contribution in [3.63, 3.8) is 0 Å². The molecule has 0 saturated carbocycles. The number of anilines is 2. The zero-order valence-corrected chi connectivity index (χ0v) is 11.2. The maximum absolute atomic E-state index is 11.3. The van der Waals surface area contributed by atoms with Crippen molar-refractivity contribution in [2.45, 2.75) is 12.8 Å². The molecule has 0 unspecified atom stereocenters. The standard InChI is InChI=1S/C15H16N4O/c1-2-14(20)17-12-5-6-13-11(9-12)10-16-18-15(13)19-7-3-4-8-19/h2,5-6,9-10H,1,3-4,7-8H2,(H,17,20). The lowest BCUT2D eigenvalue weighted by Gasteiger charge is -2.17. The maximum atomic E-state index is 11.3. The third-order valence-electron chi connectivity index (χ3n) is 3.50. The molecule has 1 amide bonds. The summed E-state index contributed by atoms with van der Waals surface area (Å²) in [6.45, 7) is 5.51. The number of benzene rings is 1. The predicted octanol–water partition coefficient (Wildman–Crippen LogP) is 2.35. The van der Waals surface area contributed by atoms with E-state index in [0.29, 0.717) is 0 Å². The number of hydrogen-bond acceptors (Lipinski definition) is 4. The minimum atomic E-state index is -0.217. The third-order valence-corrected chi connectivity index (χ3v) is 3.50. The van der Waals surface area contributed by atoms with Crippen molar-refractivity contribution in [1.82, 2.24) is 10.2 Å². The number of amides is 1. The molecular weight excluding hydrogens is 252 g/mol. The molecule has 2 aromatic rings. The van der Waals surface area contributed by atoms with Crippen molar-refractivity contribution in [2.24, 2.45) is 0 Å². The molecule has 2 heterocycles. The van der Waals surface area contributed by atoms with Crippen LogP contribution >= 0.6 is 0 Å². The molecule has 0 atom stereocenters. The van der Waals surface area contributed by atoms with Crippen LogP contribution in [-0.4, -0.2) is 29.2 Å². The van der Waals surface area contributed by atoms with Gasteiger partial charge in [-0.2, -0.15) is 5.10 Å². The van der Waals surface area contributed by atoms with Gasteiger partial charge in [0.15, 0.2) is 5.82 Å². The molecule has 1 aromatic carbocycles. The fourth-order valence-electron chi connectivity index (χ4n) is 2.51. The van der Waals surface area contributed by atoms with Crippen LogP contribution < -0.4 is 10.2 Å². The molecule has 1 aliphatic rings. The van der Waals surface area contributed by atoms with Gasteiger partial charge in [-0.05, 0) is 37.1 Å². The van der Waals surface area contributed by atoms with Gasteiger partial charge in [0.25, 0.3) is 0 Å². The summed E-state index contributed by atoms with van der Waals surface area (Å²) < 4.78 is 0. The highest BCUT2D eigenvalue weighted by atomic mass is 16.1. The quantitative estimate of drug-likeness (QED) is 0.868. The van der Waals surface area contributed by atoms with Crippen LogP contribution in [0.25, 0.3) is 10.8 Å². The third kappa shape index (κ3) is 2.34. The molecule has 0 radical (unpaired) electrons. The second-order valence-corrected chi connectivity index (χ2v) is 4.86. The van der Waals surface area contributed by atoms with E-state index in [1.807, 2.05) is 18.2 Å². The number of carbonyl (C=O) groups is 1. The van der Waals surface area contributed by atoms with E-state index in [9.17, 15) is 4.79 Å². The molecule has 5 heteroatoms. The molecule has 5 nitrogen and oxygen atoms in total. The van der Waals surface area contributed by atoms with Gasteiger partial charge < -0.3 is 10.2 Å².